The van der Waals surface area contributed by atoms with Crippen LogP contribution in [0.1, 0.15) is 57.2 Å². The molecule has 0 bridgehead atoms. The molecule has 9 heteroatoms. The minimum absolute atomic E-state index is 0.0666. The molecule has 3 aromatic carbocycles. The van der Waals surface area contributed by atoms with Crippen LogP contribution in [0, 0.1) is 17.1 Å². The van der Waals surface area contributed by atoms with Crippen molar-refractivity contribution in [2.24, 2.45) is 0 Å². The lowest BCUT2D eigenvalue weighted by atomic mass is 10.0. The van der Waals surface area contributed by atoms with Crippen molar-refractivity contribution in [2.45, 2.75) is 62.9 Å². The van der Waals surface area contributed by atoms with E-state index in [9.17, 15) is 22.2 Å². The van der Waals surface area contributed by atoms with Gasteiger partial charge in [-0.1, -0.05) is 68.8 Å². The third kappa shape index (κ3) is 9.12. The van der Waals surface area contributed by atoms with Gasteiger partial charge >= 0.3 is 5.92 Å². The van der Waals surface area contributed by atoms with Gasteiger partial charge in [-0.05, 0) is 60.7 Å². The standard InChI is InChI=1S/C20H22F2N2OS.C9H10FNO/c1-3-5-18(4-2)24-26(25)19-12-8-16(9-13-19)15-6-10-17(11-7-15)20(21,22)14-23;1-7(11-6-12)8-2-4-9(10)5-3-8/h6-13,18,24H,3-5H2,1-2H3;2-7H,1H3,(H,11,12)/t;7-/m.1/s1. The van der Waals surface area contributed by atoms with Crippen LogP contribution in [-0.4, -0.2) is 16.7 Å². The zero-order valence-electron chi connectivity index (χ0n) is 21.6. The number of nitriles is 1. The number of carbonyl (C=O) groups is 1. The maximum atomic E-state index is 13.3. The molecule has 38 heavy (non-hydrogen) atoms. The minimum Gasteiger partial charge on any atom is -0.352 e. The molecule has 0 aromatic heterocycles. The van der Waals surface area contributed by atoms with Gasteiger partial charge in [0.2, 0.25) is 6.41 Å². The van der Waals surface area contributed by atoms with Gasteiger partial charge in [-0.2, -0.15) is 14.0 Å². The van der Waals surface area contributed by atoms with Crippen molar-refractivity contribution in [3.8, 4) is 17.2 Å². The van der Waals surface area contributed by atoms with Crippen molar-refractivity contribution in [1.29, 1.82) is 5.26 Å². The van der Waals surface area contributed by atoms with Gasteiger partial charge in [-0.25, -0.2) is 13.3 Å². The van der Waals surface area contributed by atoms with E-state index in [0.29, 0.717) is 11.3 Å². The quantitative estimate of drug-likeness (QED) is 0.261. The van der Waals surface area contributed by atoms with E-state index < -0.39 is 16.9 Å². The summed E-state index contributed by atoms with van der Waals surface area (Å²) in [6.45, 7) is 5.99. The van der Waals surface area contributed by atoms with Crippen LogP contribution in [0.15, 0.2) is 77.7 Å². The largest absolute Gasteiger partial charge is 0.357 e. The van der Waals surface area contributed by atoms with E-state index in [-0.39, 0.29) is 23.5 Å². The van der Waals surface area contributed by atoms with Crippen molar-refractivity contribution in [2.75, 3.05) is 0 Å². The number of hydrogen-bond acceptors (Lipinski definition) is 3. The molecule has 0 saturated carbocycles. The molecule has 0 radical (unpaired) electrons. The average molecular weight is 544 g/mol. The first kappa shape index (κ1) is 30.7. The molecule has 0 fully saturated rings. The fourth-order valence-electron chi connectivity index (χ4n) is 3.57. The van der Waals surface area contributed by atoms with Crippen LogP contribution in [0.25, 0.3) is 11.1 Å². The lowest BCUT2D eigenvalue weighted by Gasteiger charge is -2.15. The molecular weight excluding hydrogens is 511 g/mol. The number of amides is 1. The number of alkyl halides is 2. The van der Waals surface area contributed by atoms with Crippen LogP contribution in [0.4, 0.5) is 13.2 Å². The lowest BCUT2D eigenvalue weighted by Crippen LogP contribution is -2.30. The van der Waals surface area contributed by atoms with Crippen LogP contribution >= 0.6 is 0 Å². The average Bonchev–Trinajstić information content (AvgIpc) is 2.93. The van der Waals surface area contributed by atoms with E-state index in [0.717, 1.165) is 42.0 Å². The minimum atomic E-state index is -3.49. The summed E-state index contributed by atoms with van der Waals surface area (Å²) in [5.74, 6) is -3.75. The van der Waals surface area contributed by atoms with E-state index in [1.54, 1.807) is 36.4 Å². The molecule has 5 nitrogen and oxygen atoms in total. The number of nitrogens with zero attached hydrogens (tertiary/aromatic N) is 1. The molecule has 3 atom stereocenters. The monoisotopic (exact) mass is 543 g/mol. The van der Waals surface area contributed by atoms with Gasteiger partial charge in [0.15, 0.2) is 0 Å². The predicted molar refractivity (Wildman–Crippen MR) is 144 cm³/mol. The summed E-state index contributed by atoms with van der Waals surface area (Å²) in [6, 6.07) is 20.0. The van der Waals surface area contributed by atoms with Crippen LogP contribution < -0.4 is 10.0 Å². The second kappa shape index (κ2) is 15.1. The first-order chi connectivity index (χ1) is 18.1. The van der Waals surface area contributed by atoms with Crippen LogP contribution in [0.5, 0.6) is 0 Å². The highest BCUT2D eigenvalue weighted by atomic mass is 32.2. The molecule has 0 aliphatic heterocycles. The Bertz CT molecular complexity index is 1210. The fraction of sp³-hybridized carbons (Fsp3) is 0.310. The van der Waals surface area contributed by atoms with Crippen molar-refractivity contribution < 1.29 is 22.2 Å². The normalized spacial score (nSPS) is 13.3. The summed E-state index contributed by atoms with van der Waals surface area (Å²) in [6.07, 6.45) is 3.55. The zero-order chi connectivity index (χ0) is 28.1. The van der Waals surface area contributed by atoms with Crippen molar-refractivity contribution >= 4 is 17.4 Å². The third-order valence-electron chi connectivity index (χ3n) is 5.88. The summed E-state index contributed by atoms with van der Waals surface area (Å²) in [5, 5.41) is 11.1. The molecule has 3 rings (SSSR count). The first-order valence-electron chi connectivity index (χ1n) is 12.3. The highest BCUT2D eigenvalue weighted by Crippen LogP contribution is 2.29. The summed E-state index contributed by atoms with van der Waals surface area (Å²) >= 11 is 0. The van der Waals surface area contributed by atoms with E-state index in [1.807, 2.05) is 19.1 Å². The van der Waals surface area contributed by atoms with Crippen molar-refractivity contribution in [3.05, 3.63) is 89.7 Å². The fourth-order valence-corrected chi connectivity index (χ4v) is 4.68. The Labute approximate surface area is 224 Å². The summed E-state index contributed by atoms with van der Waals surface area (Å²) in [5.41, 5.74) is 2.15. The Balaban J connectivity index is 0.000000352. The Morgan fingerprint density at radius 2 is 1.53 bits per heavy atom. The second-order valence-corrected chi connectivity index (χ2v) is 9.87. The predicted octanol–water partition coefficient (Wildman–Crippen LogP) is 6.79. The van der Waals surface area contributed by atoms with Gasteiger partial charge in [0.25, 0.3) is 0 Å². The van der Waals surface area contributed by atoms with Crippen LogP contribution in [0.3, 0.4) is 0 Å². The zero-order valence-corrected chi connectivity index (χ0v) is 22.4. The molecule has 2 N–H and O–H groups in total. The van der Waals surface area contributed by atoms with Crippen LogP contribution in [-0.2, 0) is 21.7 Å². The molecule has 2 unspecified atom stereocenters. The highest BCUT2D eigenvalue weighted by molar-refractivity contribution is 7.83. The van der Waals surface area contributed by atoms with E-state index in [4.69, 9.17) is 5.26 Å². The maximum absolute atomic E-state index is 13.3. The van der Waals surface area contributed by atoms with Crippen LogP contribution in [0.2, 0.25) is 0 Å². The van der Waals surface area contributed by atoms with Gasteiger partial charge in [-0.3, -0.25) is 4.79 Å². The molecule has 202 valence electrons. The number of hydrogen-bond donors (Lipinski definition) is 2. The van der Waals surface area contributed by atoms with Gasteiger partial charge in [0, 0.05) is 11.6 Å². The number of benzene rings is 3. The third-order valence-corrected chi connectivity index (χ3v) is 7.13. The van der Waals surface area contributed by atoms with E-state index in [1.165, 1.54) is 24.3 Å². The van der Waals surface area contributed by atoms with Crippen molar-refractivity contribution in [1.82, 2.24) is 10.0 Å². The Hall–Kier alpha value is -3.48. The van der Waals surface area contributed by atoms with E-state index >= 15 is 0 Å². The van der Waals surface area contributed by atoms with Gasteiger partial charge in [-0.15, -0.1) is 0 Å². The number of halogens is 3. The van der Waals surface area contributed by atoms with Crippen molar-refractivity contribution in [3.63, 3.8) is 0 Å². The topological polar surface area (TPSA) is 82.0 Å². The smallest absolute Gasteiger partial charge is 0.352 e. The van der Waals surface area contributed by atoms with E-state index in [2.05, 4.69) is 23.9 Å². The molecule has 0 aliphatic rings. The number of nitrogens with one attached hydrogen (secondary N) is 2. The Morgan fingerprint density at radius 3 is 2.00 bits per heavy atom. The second-order valence-electron chi connectivity index (χ2n) is 8.63. The summed E-state index contributed by atoms with van der Waals surface area (Å²) < 4.78 is 54.7. The summed E-state index contributed by atoms with van der Waals surface area (Å²) in [7, 11) is -1.28. The summed E-state index contributed by atoms with van der Waals surface area (Å²) in [4.78, 5) is 10.7. The Kier molecular flexibility index (Phi) is 12.2. The maximum Gasteiger partial charge on any atom is 0.357 e. The molecule has 0 spiro atoms. The molecule has 0 saturated heterocycles. The van der Waals surface area contributed by atoms with Gasteiger partial charge < -0.3 is 5.32 Å². The Morgan fingerprint density at radius 1 is 0.974 bits per heavy atom. The molecule has 1 amide bonds. The van der Waals surface area contributed by atoms with Gasteiger partial charge in [0.05, 0.1) is 10.9 Å². The molecule has 0 heterocycles. The molecular formula is C29H32F3N3O2S. The lowest BCUT2D eigenvalue weighted by molar-refractivity contribution is -0.110. The molecule has 3 aromatic rings. The first-order valence-corrected chi connectivity index (χ1v) is 13.4. The number of carbonyl (C=O) groups excluding carboxylic acids is 1. The molecule has 0 aliphatic carbocycles. The number of rotatable bonds is 11. The highest BCUT2D eigenvalue weighted by Gasteiger charge is 2.30. The van der Waals surface area contributed by atoms with Gasteiger partial charge in [0.1, 0.15) is 22.9 Å². The SMILES string of the molecule is CCCC(CC)NS(=O)c1ccc(-c2ccc(C(F)(F)C#N)cc2)cc1.C[C@@H](NC=O)c1ccc(F)cc1.